The van der Waals surface area contributed by atoms with Crippen molar-refractivity contribution < 1.29 is 13.2 Å². The maximum Gasteiger partial charge on any atom is 0.408 e. The molecule has 0 atom stereocenters. The molecule has 0 N–H and O–H groups in total. The Bertz CT molecular complexity index is 498. The summed E-state index contributed by atoms with van der Waals surface area (Å²) in [5, 5.41) is 10.2. The van der Waals surface area contributed by atoms with Crippen LogP contribution in [0.4, 0.5) is 13.2 Å². The summed E-state index contributed by atoms with van der Waals surface area (Å²) in [5.41, 5.74) is 0.754. The Morgan fingerprint density at radius 3 is 2.78 bits per heavy atom. The highest BCUT2D eigenvalue weighted by molar-refractivity contribution is 7.98. The van der Waals surface area contributed by atoms with Crippen LogP contribution in [0.25, 0.3) is 0 Å². The van der Waals surface area contributed by atoms with E-state index in [1.165, 1.54) is 0 Å². The number of rotatable bonds is 4. The molecule has 0 radical (unpaired) electrons. The Morgan fingerprint density at radius 1 is 1.28 bits per heavy atom. The van der Waals surface area contributed by atoms with Crippen molar-refractivity contribution in [1.82, 2.24) is 25.2 Å². The lowest BCUT2D eigenvalue weighted by molar-refractivity contribution is -0.144. The van der Waals surface area contributed by atoms with E-state index in [0.717, 1.165) is 22.1 Å². The standard InChI is InChI=1S/C9H8F3N5S/c10-9(11,12)6-17-8(14-15-16-17)18-5-7-3-1-2-4-13-7/h1-4H,5-6H2. The van der Waals surface area contributed by atoms with Gasteiger partial charge in [0, 0.05) is 11.9 Å². The molecule has 0 unspecified atom stereocenters. The van der Waals surface area contributed by atoms with Crippen molar-refractivity contribution in [3.05, 3.63) is 30.1 Å². The predicted molar refractivity (Wildman–Crippen MR) is 57.7 cm³/mol. The van der Waals surface area contributed by atoms with Crippen LogP contribution in [-0.4, -0.2) is 31.4 Å². The molecule has 0 saturated carbocycles. The third kappa shape index (κ3) is 3.69. The first-order chi connectivity index (χ1) is 8.54. The lowest BCUT2D eigenvalue weighted by Gasteiger charge is -2.07. The topological polar surface area (TPSA) is 56.5 Å². The summed E-state index contributed by atoms with van der Waals surface area (Å²) in [5.74, 6) is 0.416. The molecule has 0 aromatic carbocycles. The monoisotopic (exact) mass is 275 g/mol. The molecule has 5 nitrogen and oxygen atoms in total. The van der Waals surface area contributed by atoms with Gasteiger partial charge in [0.1, 0.15) is 6.54 Å². The maximum atomic E-state index is 12.2. The van der Waals surface area contributed by atoms with E-state index >= 15 is 0 Å². The summed E-state index contributed by atoms with van der Waals surface area (Å²) < 4.78 is 37.4. The van der Waals surface area contributed by atoms with Gasteiger partial charge >= 0.3 is 6.18 Å². The minimum Gasteiger partial charge on any atom is -0.260 e. The van der Waals surface area contributed by atoms with E-state index in [4.69, 9.17) is 0 Å². The van der Waals surface area contributed by atoms with Crippen LogP contribution >= 0.6 is 11.8 Å². The molecule has 2 aromatic rings. The summed E-state index contributed by atoms with van der Waals surface area (Å²) in [6.07, 6.45) is -2.72. The van der Waals surface area contributed by atoms with Gasteiger partial charge in [0.2, 0.25) is 5.16 Å². The second-order valence-electron chi connectivity index (χ2n) is 3.34. The molecule has 2 aromatic heterocycles. The van der Waals surface area contributed by atoms with Crippen molar-refractivity contribution in [1.29, 1.82) is 0 Å². The fourth-order valence-electron chi connectivity index (χ4n) is 1.19. The molecule has 18 heavy (non-hydrogen) atoms. The smallest absolute Gasteiger partial charge is 0.260 e. The van der Waals surface area contributed by atoms with Gasteiger partial charge in [-0.05, 0) is 22.6 Å². The molecule has 9 heteroatoms. The third-order valence-electron chi connectivity index (χ3n) is 1.90. The highest BCUT2D eigenvalue weighted by atomic mass is 32.2. The number of nitrogens with zero attached hydrogens (tertiary/aromatic N) is 5. The highest BCUT2D eigenvalue weighted by Gasteiger charge is 2.30. The quantitative estimate of drug-likeness (QED) is 0.798. The number of pyridine rings is 1. The summed E-state index contributed by atoms with van der Waals surface area (Å²) in [4.78, 5) is 4.06. The van der Waals surface area contributed by atoms with Crippen LogP contribution < -0.4 is 0 Å². The van der Waals surface area contributed by atoms with Crippen molar-refractivity contribution in [2.75, 3.05) is 0 Å². The van der Waals surface area contributed by atoms with Crippen molar-refractivity contribution in [2.24, 2.45) is 0 Å². The van der Waals surface area contributed by atoms with Crippen molar-refractivity contribution in [3.63, 3.8) is 0 Å². The Kier molecular flexibility index (Phi) is 3.80. The van der Waals surface area contributed by atoms with Gasteiger partial charge in [-0.3, -0.25) is 4.98 Å². The minimum absolute atomic E-state index is 0.123. The van der Waals surface area contributed by atoms with Gasteiger partial charge in [0.15, 0.2) is 0 Å². The van der Waals surface area contributed by atoms with Crippen molar-refractivity contribution in [2.45, 2.75) is 23.6 Å². The molecule has 0 bridgehead atoms. The van der Waals surface area contributed by atoms with E-state index in [1.807, 2.05) is 6.07 Å². The molecular weight excluding hydrogens is 267 g/mol. The molecule has 0 aliphatic carbocycles. The zero-order valence-electron chi connectivity index (χ0n) is 9.00. The zero-order valence-corrected chi connectivity index (χ0v) is 9.82. The second-order valence-corrected chi connectivity index (χ2v) is 4.29. The van der Waals surface area contributed by atoms with Gasteiger partial charge < -0.3 is 0 Å². The molecule has 0 saturated heterocycles. The molecule has 0 fully saturated rings. The summed E-state index contributed by atoms with van der Waals surface area (Å²) in [6.45, 7) is -1.19. The summed E-state index contributed by atoms with van der Waals surface area (Å²) in [7, 11) is 0. The van der Waals surface area contributed by atoms with Crippen LogP contribution in [0.5, 0.6) is 0 Å². The van der Waals surface area contributed by atoms with Crippen LogP contribution in [0.3, 0.4) is 0 Å². The van der Waals surface area contributed by atoms with Crippen molar-refractivity contribution in [3.8, 4) is 0 Å². The SMILES string of the molecule is FC(F)(F)Cn1nnnc1SCc1ccccn1. The fourth-order valence-corrected chi connectivity index (χ4v) is 1.98. The molecule has 0 amide bonds. The summed E-state index contributed by atoms with van der Waals surface area (Å²) >= 11 is 1.11. The van der Waals surface area contributed by atoms with E-state index in [0.29, 0.717) is 5.75 Å². The van der Waals surface area contributed by atoms with E-state index in [9.17, 15) is 13.2 Å². The number of tetrazole rings is 1. The first-order valence-electron chi connectivity index (χ1n) is 4.90. The number of aromatic nitrogens is 5. The Balaban J connectivity index is 2.00. The Labute approximate surface area is 104 Å². The lowest BCUT2D eigenvalue weighted by Crippen LogP contribution is -2.19. The zero-order chi connectivity index (χ0) is 13.0. The second kappa shape index (κ2) is 5.34. The molecular formula is C9H8F3N5S. The van der Waals surface area contributed by atoms with Crippen LogP contribution in [0.2, 0.25) is 0 Å². The maximum absolute atomic E-state index is 12.2. The van der Waals surface area contributed by atoms with Gasteiger partial charge in [0.05, 0.1) is 5.69 Å². The first-order valence-corrected chi connectivity index (χ1v) is 5.89. The van der Waals surface area contributed by atoms with Crippen LogP contribution in [0.15, 0.2) is 29.6 Å². The third-order valence-corrected chi connectivity index (χ3v) is 2.89. The summed E-state index contributed by atoms with van der Waals surface area (Å²) in [6, 6.07) is 5.36. The first kappa shape index (κ1) is 12.8. The van der Waals surface area contributed by atoms with Crippen LogP contribution in [0.1, 0.15) is 5.69 Å². The van der Waals surface area contributed by atoms with E-state index < -0.39 is 12.7 Å². The highest BCUT2D eigenvalue weighted by Crippen LogP contribution is 2.22. The normalized spacial score (nSPS) is 11.7. The number of thioether (sulfide) groups is 1. The minimum atomic E-state index is -4.34. The number of hydrogen-bond donors (Lipinski definition) is 0. The average Bonchev–Trinajstić information content (AvgIpc) is 2.73. The number of hydrogen-bond acceptors (Lipinski definition) is 5. The number of halogens is 3. The average molecular weight is 275 g/mol. The van der Waals surface area contributed by atoms with Gasteiger partial charge in [-0.25, -0.2) is 4.68 Å². The van der Waals surface area contributed by atoms with E-state index in [2.05, 4.69) is 20.5 Å². The van der Waals surface area contributed by atoms with Crippen LogP contribution in [0, 0.1) is 0 Å². The molecule has 0 spiro atoms. The van der Waals surface area contributed by atoms with Gasteiger partial charge in [0.25, 0.3) is 0 Å². The Morgan fingerprint density at radius 2 is 2.11 bits per heavy atom. The molecule has 96 valence electrons. The van der Waals surface area contributed by atoms with Crippen LogP contribution in [-0.2, 0) is 12.3 Å². The fraction of sp³-hybridized carbons (Fsp3) is 0.333. The molecule has 2 rings (SSSR count). The van der Waals surface area contributed by atoms with Crippen molar-refractivity contribution >= 4 is 11.8 Å². The molecule has 0 aliphatic heterocycles. The molecule has 0 aliphatic rings. The van der Waals surface area contributed by atoms with Gasteiger partial charge in [-0.1, -0.05) is 17.8 Å². The molecule has 2 heterocycles. The van der Waals surface area contributed by atoms with Gasteiger partial charge in [-0.15, -0.1) is 5.10 Å². The van der Waals surface area contributed by atoms with E-state index in [-0.39, 0.29) is 5.16 Å². The van der Waals surface area contributed by atoms with Gasteiger partial charge in [-0.2, -0.15) is 13.2 Å². The predicted octanol–water partition coefficient (Wildman–Crippen LogP) is 1.92. The largest absolute Gasteiger partial charge is 0.408 e. The van der Waals surface area contributed by atoms with E-state index in [1.54, 1.807) is 18.3 Å². The number of alkyl halides is 3. The lowest BCUT2D eigenvalue weighted by atomic mass is 10.4. The Hall–Kier alpha value is -1.64.